The number of rotatable bonds is 2. The lowest BCUT2D eigenvalue weighted by Crippen LogP contribution is -2.04. The number of esters is 1. The Balaban J connectivity index is 2.87. The molecule has 1 heterocycles. The molecule has 1 rings (SSSR count). The predicted molar refractivity (Wildman–Crippen MR) is 42.2 cm³/mol. The molecule has 0 bridgehead atoms. The van der Waals surface area contributed by atoms with Crippen LogP contribution in [0.4, 0.5) is 0 Å². The fourth-order valence-corrected chi connectivity index (χ4v) is 0.953. The third-order valence-corrected chi connectivity index (χ3v) is 1.39. The highest BCUT2D eigenvalue weighted by Gasteiger charge is 2.17. The highest BCUT2D eigenvalue weighted by molar-refractivity contribution is 6.27. The Bertz CT molecular complexity index is 295. The molecule has 0 atom stereocenters. The van der Waals surface area contributed by atoms with Crippen molar-refractivity contribution in [2.24, 2.45) is 0 Å². The van der Waals surface area contributed by atoms with E-state index in [0.717, 1.165) is 0 Å². The lowest BCUT2D eigenvalue weighted by Gasteiger charge is -1.96. The molecule has 5 heteroatoms. The second-order valence-corrected chi connectivity index (χ2v) is 2.43. The molecule has 1 aromatic heterocycles. The first-order chi connectivity index (χ1) is 5.65. The molecule has 0 aliphatic carbocycles. The maximum absolute atomic E-state index is 11.1. The summed E-state index contributed by atoms with van der Waals surface area (Å²) in [6.07, 6.45) is 0. The van der Waals surface area contributed by atoms with Crippen molar-refractivity contribution in [3.05, 3.63) is 16.8 Å². The summed E-state index contributed by atoms with van der Waals surface area (Å²) in [7, 11) is 0. The number of carbonyl (C=O) groups is 1. The standard InChI is InChI=1S/C7H8ClNO3/c1-3-11-6(10)5-4(2)9-7(8)12-5/h3H2,1-2H3. The van der Waals surface area contributed by atoms with E-state index in [1.165, 1.54) is 0 Å². The number of ether oxygens (including phenoxy) is 1. The Hall–Kier alpha value is -1.03. The lowest BCUT2D eigenvalue weighted by atomic mass is 10.4. The van der Waals surface area contributed by atoms with Gasteiger partial charge in [0.2, 0.25) is 5.76 Å². The average Bonchev–Trinajstić information content (AvgIpc) is 2.30. The van der Waals surface area contributed by atoms with Crippen LogP contribution in [0.3, 0.4) is 0 Å². The van der Waals surface area contributed by atoms with Crippen molar-refractivity contribution >= 4 is 17.6 Å². The number of hydrogen-bond acceptors (Lipinski definition) is 4. The van der Waals surface area contributed by atoms with Gasteiger partial charge in [0.25, 0.3) is 5.35 Å². The van der Waals surface area contributed by atoms with Gasteiger partial charge in [-0.2, -0.15) is 0 Å². The molecular weight excluding hydrogens is 182 g/mol. The van der Waals surface area contributed by atoms with Crippen LogP contribution in [0.2, 0.25) is 5.35 Å². The molecule has 0 fully saturated rings. The zero-order valence-corrected chi connectivity index (χ0v) is 7.51. The fourth-order valence-electron chi connectivity index (χ4n) is 0.750. The van der Waals surface area contributed by atoms with E-state index in [4.69, 9.17) is 20.8 Å². The molecule has 0 aliphatic heterocycles. The van der Waals surface area contributed by atoms with Crippen LogP contribution in [-0.2, 0) is 4.74 Å². The van der Waals surface area contributed by atoms with Crippen LogP contribution in [0.15, 0.2) is 4.42 Å². The summed E-state index contributed by atoms with van der Waals surface area (Å²) < 4.78 is 9.50. The summed E-state index contributed by atoms with van der Waals surface area (Å²) in [5, 5.41) is -0.0458. The van der Waals surface area contributed by atoms with Gasteiger partial charge >= 0.3 is 5.97 Å². The SMILES string of the molecule is CCOC(=O)c1oc(Cl)nc1C. The normalized spacial score (nSPS) is 9.92. The quantitative estimate of drug-likeness (QED) is 0.666. The smallest absolute Gasteiger partial charge is 0.376 e. The number of carbonyl (C=O) groups excluding carboxylic acids is 1. The number of nitrogens with zero attached hydrogens (tertiary/aromatic N) is 1. The zero-order chi connectivity index (χ0) is 9.14. The molecule has 0 aromatic carbocycles. The summed E-state index contributed by atoms with van der Waals surface area (Å²) in [5.74, 6) is -0.462. The first kappa shape index (κ1) is 9.06. The van der Waals surface area contributed by atoms with E-state index in [0.29, 0.717) is 12.3 Å². The summed E-state index contributed by atoms with van der Waals surface area (Å²) in [6, 6.07) is 0. The third-order valence-electron chi connectivity index (χ3n) is 1.23. The van der Waals surface area contributed by atoms with Crippen LogP contribution in [0.5, 0.6) is 0 Å². The van der Waals surface area contributed by atoms with Crippen LogP contribution in [-0.4, -0.2) is 17.6 Å². The number of aryl methyl sites for hydroxylation is 1. The van der Waals surface area contributed by atoms with Crippen molar-refractivity contribution in [1.82, 2.24) is 4.98 Å². The molecule has 1 aromatic rings. The van der Waals surface area contributed by atoms with Gasteiger partial charge in [0.05, 0.1) is 12.3 Å². The Labute approximate surface area is 74.5 Å². The topological polar surface area (TPSA) is 52.3 Å². The Morgan fingerprint density at radius 1 is 1.75 bits per heavy atom. The number of oxazole rings is 1. The first-order valence-electron chi connectivity index (χ1n) is 3.45. The molecular formula is C7H8ClNO3. The fraction of sp³-hybridized carbons (Fsp3) is 0.429. The van der Waals surface area contributed by atoms with Gasteiger partial charge < -0.3 is 9.15 Å². The molecule has 0 aliphatic rings. The van der Waals surface area contributed by atoms with Crippen molar-refractivity contribution in [2.75, 3.05) is 6.61 Å². The van der Waals surface area contributed by atoms with E-state index in [9.17, 15) is 4.79 Å². The Kier molecular flexibility index (Phi) is 2.70. The highest BCUT2D eigenvalue weighted by Crippen LogP contribution is 2.14. The van der Waals surface area contributed by atoms with Gasteiger partial charge in [0.1, 0.15) is 0 Å². The van der Waals surface area contributed by atoms with Gasteiger partial charge in [-0.05, 0) is 25.4 Å². The predicted octanol–water partition coefficient (Wildman–Crippen LogP) is 1.81. The maximum atomic E-state index is 11.1. The molecule has 66 valence electrons. The molecule has 0 N–H and O–H groups in total. The van der Waals surface area contributed by atoms with E-state index < -0.39 is 5.97 Å². The van der Waals surface area contributed by atoms with E-state index in [1.54, 1.807) is 13.8 Å². The molecule has 12 heavy (non-hydrogen) atoms. The molecule has 4 nitrogen and oxygen atoms in total. The van der Waals surface area contributed by atoms with Gasteiger partial charge in [-0.25, -0.2) is 9.78 Å². The first-order valence-corrected chi connectivity index (χ1v) is 3.83. The van der Waals surface area contributed by atoms with Gasteiger partial charge in [-0.1, -0.05) is 0 Å². The van der Waals surface area contributed by atoms with Gasteiger partial charge in [0.15, 0.2) is 0 Å². The summed E-state index contributed by atoms with van der Waals surface area (Å²) in [5.41, 5.74) is 0.443. The van der Waals surface area contributed by atoms with Crippen molar-refractivity contribution in [3.8, 4) is 0 Å². The molecule has 0 amide bonds. The minimum Gasteiger partial charge on any atom is -0.460 e. The van der Waals surface area contributed by atoms with Gasteiger partial charge in [-0.3, -0.25) is 0 Å². The van der Waals surface area contributed by atoms with Crippen molar-refractivity contribution < 1.29 is 13.9 Å². The van der Waals surface area contributed by atoms with Crippen LogP contribution in [0.1, 0.15) is 23.2 Å². The average molecular weight is 190 g/mol. The van der Waals surface area contributed by atoms with Crippen molar-refractivity contribution in [1.29, 1.82) is 0 Å². The number of hydrogen-bond donors (Lipinski definition) is 0. The minimum atomic E-state index is -0.533. The third kappa shape index (κ3) is 1.76. The molecule has 0 saturated heterocycles. The number of aromatic nitrogens is 1. The largest absolute Gasteiger partial charge is 0.460 e. The van der Waals surface area contributed by atoms with E-state index in [1.807, 2.05) is 0 Å². The van der Waals surface area contributed by atoms with Crippen molar-refractivity contribution in [2.45, 2.75) is 13.8 Å². The number of halogens is 1. The maximum Gasteiger partial charge on any atom is 0.376 e. The Morgan fingerprint density at radius 2 is 2.42 bits per heavy atom. The van der Waals surface area contributed by atoms with E-state index >= 15 is 0 Å². The zero-order valence-electron chi connectivity index (χ0n) is 6.76. The van der Waals surface area contributed by atoms with Crippen LogP contribution < -0.4 is 0 Å². The van der Waals surface area contributed by atoms with E-state index in [2.05, 4.69) is 4.98 Å². The van der Waals surface area contributed by atoms with Crippen molar-refractivity contribution in [3.63, 3.8) is 0 Å². The summed E-state index contributed by atoms with van der Waals surface area (Å²) >= 11 is 5.42. The summed E-state index contributed by atoms with van der Waals surface area (Å²) in [4.78, 5) is 14.8. The lowest BCUT2D eigenvalue weighted by molar-refractivity contribution is 0.0489. The van der Waals surface area contributed by atoms with Crippen LogP contribution in [0, 0.1) is 6.92 Å². The summed E-state index contributed by atoms with van der Waals surface area (Å²) in [6.45, 7) is 3.64. The molecule has 0 radical (unpaired) electrons. The van der Waals surface area contributed by atoms with E-state index in [-0.39, 0.29) is 11.1 Å². The van der Waals surface area contributed by atoms with Gasteiger partial charge in [0, 0.05) is 0 Å². The van der Waals surface area contributed by atoms with Gasteiger partial charge in [-0.15, -0.1) is 0 Å². The molecule has 0 unspecified atom stereocenters. The second kappa shape index (κ2) is 3.58. The molecule has 0 spiro atoms. The Morgan fingerprint density at radius 3 is 2.83 bits per heavy atom. The second-order valence-electron chi connectivity index (χ2n) is 2.10. The monoisotopic (exact) mass is 189 g/mol. The highest BCUT2D eigenvalue weighted by atomic mass is 35.5. The van der Waals surface area contributed by atoms with Crippen LogP contribution in [0.25, 0.3) is 0 Å². The minimum absolute atomic E-state index is 0.0458. The van der Waals surface area contributed by atoms with Crippen LogP contribution >= 0.6 is 11.6 Å². The molecule has 0 saturated carbocycles.